The first kappa shape index (κ1) is 13.5. The van der Waals surface area contributed by atoms with Crippen LogP contribution in [0.2, 0.25) is 0 Å². The summed E-state index contributed by atoms with van der Waals surface area (Å²) in [5.41, 5.74) is 6.25. The average Bonchev–Trinajstić information content (AvgIpc) is 2.45. The number of carbonyl (C=O) groups excluding carboxylic acids is 1. The molecule has 0 aliphatic rings. The van der Waals surface area contributed by atoms with E-state index in [-0.39, 0.29) is 23.6 Å². The molecule has 0 atom stereocenters. The Bertz CT molecular complexity index is 695. The van der Waals surface area contributed by atoms with Gasteiger partial charge in [-0.1, -0.05) is 0 Å². The number of nitrogens with zero attached hydrogens (tertiary/aromatic N) is 2. The summed E-state index contributed by atoms with van der Waals surface area (Å²) in [6.45, 7) is -0.0696. The first-order valence-electron chi connectivity index (χ1n) is 5.67. The number of carbonyl (C=O) groups is 1. The van der Waals surface area contributed by atoms with E-state index in [1.165, 1.54) is 24.4 Å². The Labute approximate surface area is 114 Å². The van der Waals surface area contributed by atoms with E-state index in [1.54, 1.807) is 6.07 Å². The summed E-state index contributed by atoms with van der Waals surface area (Å²) in [5.74, 6) is -1.53. The molecule has 0 spiro atoms. The van der Waals surface area contributed by atoms with Crippen molar-refractivity contribution in [1.29, 1.82) is 5.26 Å². The highest BCUT2D eigenvalue weighted by atomic mass is 19.1. The summed E-state index contributed by atoms with van der Waals surface area (Å²) in [6.07, 6.45) is 1.44. The van der Waals surface area contributed by atoms with Crippen LogP contribution in [0.1, 0.15) is 21.6 Å². The van der Waals surface area contributed by atoms with Gasteiger partial charge in [0.15, 0.2) is 0 Å². The molecule has 2 rings (SSSR count). The minimum absolute atomic E-state index is 0.0696. The van der Waals surface area contributed by atoms with E-state index < -0.39 is 11.8 Å². The molecule has 1 aromatic heterocycles. The number of nitrogens with two attached hydrogens (primary N) is 1. The van der Waals surface area contributed by atoms with Gasteiger partial charge in [-0.2, -0.15) is 5.26 Å². The van der Waals surface area contributed by atoms with Gasteiger partial charge in [0, 0.05) is 11.9 Å². The Morgan fingerprint density at radius 3 is 2.90 bits per heavy atom. The third kappa shape index (κ3) is 3.09. The van der Waals surface area contributed by atoms with Crippen molar-refractivity contribution in [2.75, 3.05) is 5.73 Å². The van der Waals surface area contributed by atoms with Crippen LogP contribution in [-0.2, 0) is 11.3 Å². The van der Waals surface area contributed by atoms with Crippen molar-refractivity contribution < 1.29 is 13.9 Å². The summed E-state index contributed by atoms with van der Waals surface area (Å²) in [5, 5.41) is 8.70. The maximum absolute atomic E-state index is 13.5. The second-order valence-electron chi connectivity index (χ2n) is 3.98. The molecule has 0 bridgehead atoms. The zero-order valence-corrected chi connectivity index (χ0v) is 10.3. The molecule has 100 valence electrons. The molecule has 0 saturated carbocycles. The molecule has 0 aliphatic carbocycles. The van der Waals surface area contributed by atoms with Crippen LogP contribution in [0.25, 0.3) is 0 Å². The molecule has 2 N–H and O–H groups in total. The number of hydrogen-bond acceptors (Lipinski definition) is 5. The van der Waals surface area contributed by atoms with E-state index in [9.17, 15) is 9.18 Å². The standard InChI is InChI=1S/C14H10FN3O2/c15-13-6-10(17)1-2-12(13)14(19)20-8-9-3-4-18-11(5-9)7-16/h1-6H,8,17H2. The second-order valence-corrected chi connectivity index (χ2v) is 3.98. The SMILES string of the molecule is N#Cc1cc(COC(=O)c2ccc(N)cc2F)ccn1. The molecular formula is C14H10FN3O2. The molecule has 0 saturated heterocycles. The highest BCUT2D eigenvalue weighted by Crippen LogP contribution is 2.14. The van der Waals surface area contributed by atoms with Gasteiger partial charge in [0.25, 0.3) is 0 Å². The maximum Gasteiger partial charge on any atom is 0.341 e. The molecule has 20 heavy (non-hydrogen) atoms. The molecule has 5 nitrogen and oxygen atoms in total. The van der Waals surface area contributed by atoms with Gasteiger partial charge in [-0.25, -0.2) is 14.2 Å². The van der Waals surface area contributed by atoms with Crippen LogP contribution in [0.3, 0.4) is 0 Å². The molecular weight excluding hydrogens is 261 g/mol. The first-order valence-corrected chi connectivity index (χ1v) is 5.67. The Balaban J connectivity index is 2.07. The smallest absolute Gasteiger partial charge is 0.341 e. The van der Waals surface area contributed by atoms with Gasteiger partial charge in [0.05, 0.1) is 5.56 Å². The second kappa shape index (κ2) is 5.80. The van der Waals surface area contributed by atoms with Crippen LogP contribution in [0.4, 0.5) is 10.1 Å². The van der Waals surface area contributed by atoms with Gasteiger partial charge in [-0.15, -0.1) is 0 Å². The predicted molar refractivity (Wildman–Crippen MR) is 68.9 cm³/mol. The number of anilines is 1. The number of nitrogen functional groups attached to an aromatic ring is 1. The van der Waals surface area contributed by atoms with Crippen LogP contribution in [0.5, 0.6) is 0 Å². The van der Waals surface area contributed by atoms with Crippen molar-refractivity contribution >= 4 is 11.7 Å². The number of aromatic nitrogens is 1. The lowest BCUT2D eigenvalue weighted by Gasteiger charge is -2.06. The number of pyridine rings is 1. The number of esters is 1. The summed E-state index contributed by atoms with van der Waals surface area (Å²) < 4.78 is 18.5. The van der Waals surface area contributed by atoms with Gasteiger partial charge in [0.1, 0.15) is 24.2 Å². The van der Waals surface area contributed by atoms with E-state index in [2.05, 4.69) is 4.98 Å². The van der Waals surface area contributed by atoms with Gasteiger partial charge in [0.2, 0.25) is 0 Å². The van der Waals surface area contributed by atoms with Gasteiger partial charge < -0.3 is 10.5 Å². The lowest BCUT2D eigenvalue weighted by Crippen LogP contribution is -2.08. The van der Waals surface area contributed by atoms with Crippen LogP contribution in [-0.4, -0.2) is 11.0 Å². The fraction of sp³-hybridized carbons (Fsp3) is 0.0714. The Hall–Kier alpha value is -2.94. The third-order valence-corrected chi connectivity index (χ3v) is 2.52. The number of halogens is 1. The lowest BCUT2D eigenvalue weighted by molar-refractivity contribution is 0.0467. The molecule has 0 fully saturated rings. The normalized spacial score (nSPS) is 9.80. The number of rotatable bonds is 3. The zero-order valence-electron chi connectivity index (χ0n) is 10.3. The van der Waals surface area contributed by atoms with Crippen LogP contribution >= 0.6 is 0 Å². The van der Waals surface area contributed by atoms with Crippen LogP contribution in [0, 0.1) is 17.1 Å². The minimum Gasteiger partial charge on any atom is -0.457 e. The minimum atomic E-state index is -0.794. The van der Waals surface area contributed by atoms with Gasteiger partial charge >= 0.3 is 5.97 Å². The molecule has 2 aromatic rings. The average molecular weight is 271 g/mol. The topological polar surface area (TPSA) is 89.0 Å². The van der Waals surface area contributed by atoms with Crippen molar-refractivity contribution in [2.24, 2.45) is 0 Å². The van der Waals surface area contributed by atoms with E-state index >= 15 is 0 Å². The monoisotopic (exact) mass is 271 g/mol. The summed E-state index contributed by atoms with van der Waals surface area (Å²) in [4.78, 5) is 15.5. The van der Waals surface area contributed by atoms with Gasteiger partial charge in [-0.3, -0.25) is 0 Å². The molecule has 0 amide bonds. The first-order chi connectivity index (χ1) is 9.60. The summed E-state index contributed by atoms with van der Waals surface area (Å²) in [7, 11) is 0. The Kier molecular flexibility index (Phi) is 3.91. The highest BCUT2D eigenvalue weighted by Gasteiger charge is 2.13. The van der Waals surface area contributed by atoms with E-state index in [4.69, 9.17) is 15.7 Å². The van der Waals surface area contributed by atoms with E-state index in [1.807, 2.05) is 6.07 Å². The lowest BCUT2D eigenvalue weighted by atomic mass is 10.2. The fourth-order valence-electron chi connectivity index (χ4n) is 1.55. The summed E-state index contributed by atoms with van der Waals surface area (Å²) >= 11 is 0. The van der Waals surface area contributed by atoms with Crippen molar-refractivity contribution in [3.8, 4) is 6.07 Å². The van der Waals surface area contributed by atoms with Crippen molar-refractivity contribution in [3.63, 3.8) is 0 Å². The zero-order chi connectivity index (χ0) is 14.5. The quantitative estimate of drug-likeness (QED) is 0.681. The fourth-order valence-corrected chi connectivity index (χ4v) is 1.55. The summed E-state index contributed by atoms with van der Waals surface area (Å²) in [6, 6.07) is 8.71. The predicted octanol–water partition coefficient (Wildman–Crippen LogP) is 2.03. The number of nitriles is 1. The number of benzene rings is 1. The maximum atomic E-state index is 13.5. The Morgan fingerprint density at radius 2 is 2.20 bits per heavy atom. The molecule has 1 aromatic carbocycles. The molecule has 1 heterocycles. The molecule has 6 heteroatoms. The van der Waals surface area contributed by atoms with Gasteiger partial charge in [-0.05, 0) is 35.9 Å². The van der Waals surface area contributed by atoms with E-state index in [0.29, 0.717) is 5.56 Å². The van der Waals surface area contributed by atoms with Crippen molar-refractivity contribution in [2.45, 2.75) is 6.61 Å². The van der Waals surface area contributed by atoms with Crippen LogP contribution < -0.4 is 5.73 Å². The largest absolute Gasteiger partial charge is 0.457 e. The van der Waals surface area contributed by atoms with Crippen molar-refractivity contribution in [1.82, 2.24) is 4.98 Å². The number of hydrogen-bond donors (Lipinski definition) is 1. The molecule has 0 radical (unpaired) electrons. The Morgan fingerprint density at radius 1 is 1.40 bits per heavy atom. The number of ether oxygens (including phenoxy) is 1. The third-order valence-electron chi connectivity index (χ3n) is 2.52. The van der Waals surface area contributed by atoms with Crippen molar-refractivity contribution in [3.05, 3.63) is 59.2 Å². The molecule has 0 unspecified atom stereocenters. The highest BCUT2D eigenvalue weighted by molar-refractivity contribution is 5.90. The van der Waals surface area contributed by atoms with Crippen LogP contribution in [0.15, 0.2) is 36.5 Å². The van der Waals surface area contributed by atoms with E-state index in [0.717, 1.165) is 6.07 Å². The molecule has 0 aliphatic heterocycles.